The zero-order valence-corrected chi connectivity index (χ0v) is 7.38. The van der Waals surface area contributed by atoms with Crippen LogP contribution >= 0.6 is 11.8 Å². The normalized spacial score (nSPS) is 13.4. The average Bonchev–Trinajstić information content (AvgIpc) is 2.37. The van der Waals surface area contributed by atoms with E-state index >= 15 is 0 Å². The van der Waals surface area contributed by atoms with Crippen molar-refractivity contribution < 1.29 is 5.11 Å². The van der Waals surface area contributed by atoms with Gasteiger partial charge in [0.1, 0.15) is 6.33 Å². The van der Waals surface area contributed by atoms with Gasteiger partial charge in [0.05, 0.1) is 6.61 Å². The SMILES string of the molecule is CC(CO)Sc1nncn1C. The number of hydrogen-bond acceptors (Lipinski definition) is 4. The molecule has 0 saturated carbocycles. The summed E-state index contributed by atoms with van der Waals surface area (Å²) >= 11 is 1.52. The number of hydrogen-bond donors (Lipinski definition) is 1. The quantitative estimate of drug-likeness (QED) is 0.667. The molecule has 1 aromatic heterocycles. The minimum Gasteiger partial charge on any atom is -0.395 e. The Morgan fingerprint density at radius 3 is 3.00 bits per heavy atom. The topological polar surface area (TPSA) is 50.9 Å². The number of thioether (sulfide) groups is 1. The zero-order valence-electron chi connectivity index (χ0n) is 6.56. The first-order valence-corrected chi connectivity index (χ1v) is 4.23. The second-order valence-electron chi connectivity index (χ2n) is 2.34. The van der Waals surface area contributed by atoms with Gasteiger partial charge in [-0.3, -0.25) is 0 Å². The van der Waals surface area contributed by atoms with Crippen LogP contribution in [-0.2, 0) is 7.05 Å². The molecular formula is C6H11N3OS. The van der Waals surface area contributed by atoms with Crippen LogP contribution in [0.2, 0.25) is 0 Å². The highest BCUT2D eigenvalue weighted by atomic mass is 32.2. The summed E-state index contributed by atoms with van der Waals surface area (Å²) in [6.07, 6.45) is 1.65. The maximum Gasteiger partial charge on any atom is 0.191 e. The minimum absolute atomic E-state index is 0.164. The summed E-state index contributed by atoms with van der Waals surface area (Å²) in [5.74, 6) is 0. The van der Waals surface area contributed by atoms with Gasteiger partial charge in [0, 0.05) is 12.3 Å². The first kappa shape index (κ1) is 8.55. The fourth-order valence-corrected chi connectivity index (χ4v) is 1.34. The summed E-state index contributed by atoms with van der Waals surface area (Å²) in [7, 11) is 1.88. The van der Waals surface area contributed by atoms with Gasteiger partial charge in [0.2, 0.25) is 0 Å². The Labute approximate surface area is 69.6 Å². The molecule has 4 nitrogen and oxygen atoms in total. The number of rotatable bonds is 3. The minimum atomic E-state index is 0.164. The third-order valence-electron chi connectivity index (χ3n) is 1.23. The highest BCUT2D eigenvalue weighted by Gasteiger charge is 2.06. The van der Waals surface area contributed by atoms with E-state index in [-0.39, 0.29) is 11.9 Å². The predicted octanol–water partition coefficient (Wildman–Crippen LogP) is 0.288. The number of aliphatic hydroxyl groups is 1. The Balaban J connectivity index is 2.56. The van der Waals surface area contributed by atoms with Crippen molar-refractivity contribution in [2.75, 3.05) is 6.61 Å². The zero-order chi connectivity index (χ0) is 8.27. The van der Waals surface area contributed by atoms with Crippen molar-refractivity contribution in [3.63, 3.8) is 0 Å². The van der Waals surface area contributed by atoms with Crippen molar-refractivity contribution in [2.24, 2.45) is 7.05 Å². The summed E-state index contributed by atoms with van der Waals surface area (Å²) in [5.41, 5.74) is 0. The van der Waals surface area contributed by atoms with E-state index in [9.17, 15) is 0 Å². The van der Waals surface area contributed by atoms with Gasteiger partial charge in [-0.15, -0.1) is 10.2 Å². The van der Waals surface area contributed by atoms with Crippen molar-refractivity contribution in [3.8, 4) is 0 Å². The lowest BCUT2D eigenvalue weighted by atomic mass is 10.5. The average molecular weight is 173 g/mol. The van der Waals surface area contributed by atoms with Crippen molar-refractivity contribution in [1.82, 2.24) is 14.8 Å². The van der Waals surface area contributed by atoms with E-state index in [1.807, 2.05) is 18.5 Å². The Morgan fingerprint density at radius 1 is 1.82 bits per heavy atom. The van der Waals surface area contributed by atoms with E-state index < -0.39 is 0 Å². The number of aromatic nitrogens is 3. The second kappa shape index (κ2) is 3.73. The van der Waals surface area contributed by atoms with Crippen LogP contribution in [0.1, 0.15) is 6.92 Å². The molecule has 0 radical (unpaired) electrons. The van der Waals surface area contributed by atoms with Crippen LogP contribution in [0, 0.1) is 0 Å². The van der Waals surface area contributed by atoms with E-state index in [0.29, 0.717) is 0 Å². The smallest absolute Gasteiger partial charge is 0.191 e. The summed E-state index contributed by atoms with van der Waals surface area (Å²) in [6.45, 7) is 2.11. The van der Waals surface area contributed by atoms with Gasteiger partial charge >= 0.3 is 0 Å². The maximum atomic E-state index is 8.75. The highest BCUT2D eigenvalue weighted by molar-refractivity contribution is 7.99. The van der Waals surface area contributed by atoms with Gasteiger partial charge in [-0.05, 0) is 0 Å². The Bertz CT molecular complexity index is 225. The molecule has 1 aromatic rings. The van der Waals surface area contributed by atoms with E-state index in [1.165, 1.54) is 11.8 Å². The first-order chi connectivity index (χ1) is 5.24. The molecule has 0 aromatic carbocycles. The summed E-state index contributed by atoms with van der Waals surface area (Å²) in [4.78, 5) is 0. The third-order valence-corrected chi connectivity index (χ3v) is 2.37. The Hall–Kier alpha value is -0.550. The van der Waals surface area contributed by atoms with E-state index in [4.69, 9.17) is 5.11 Å². The van der Waals surface area contributed by atoms with Gasteiger partial charge in [-0.2, -0.15) is 0 Å². The lowest BCUT2D eigenvalue weighted by Crippen LogP contribution is -2.03. The molecule has 1 N–H and O–H groups in total. The summed E-state index contributed by atoms with van der Waals surface area (Å²) < 4.78 is 1.83. The van der Waals surface area contributed by atoms with Crippen LogP contribution in [0.15, 0.2) is 11.5 Å². The van der Waals surface area contributed by atoms with Crippen molar-refractivity contribution >= 4 is 11.8 Å². The van der Waals surface area contributed by atoms with Crippen LogP contribution in [-0.4, -0.2) is 31.7 Å². The standard InChI is InChI=1S/C6H11N3OS/c1-5(3-10)11-6-8-7-4-9(6)2/h4-5,10H,3H2,1-2H3. The molecule has 0 amide bonds. The Kier molecular flexibility index (Phi) is 2.90. The molecule has 0 fully saturated rings. The van der Waals surface area contributed by atoms with Crippen LogP contribution in [0.25, 0.3) is 0 Å². The van der Waals surface area contributed by atoms with Crippen LogP contribution in [0.4, 0.5) is 0 Å². The van der Waals surface area contributed by atoms with Gasteiger partial charge in [0.25, 0.3) is 0 Å². The molecule has 0 saturated heterocycles. The molecule has 1 unspecified atom stereocenters. The molecule has 62 valence electrons. The molecule has 1 rings (SSSR count). The molecule has 0 aliphatic rings. The number of aliphatic hydroxyl groups excluding tert-OH is 1. The first-order valence-electron chi connectivity index (χ1n) is 3.35. The van der Waals surface area contributed by atoms with Gasteiger partial charge in [-0.1, -0.05) is 18.7 Å². The monoisotopic (exact) mass is 173 g/mol. The van der Waals surface area contributed by atoms with Crippen LogP contribution in [0.5, 0.6) is 0 Å². The van der Waals surface area contributed by atoms with Gasteiger partial charge in [0.15, 0.2) is 5.16 Å². The van der Waals surface area contributed by atoms with Gasteiger partial charge in [-0.25, -0.2) is 0 Å². The van der Waals surface area contributed by atoms with E-state index in [1.54, 1.807) is 6.33 Å². The number of nitrogens with zero attached hydrogens (tertiary/aromatic N) is 3. The molecule has 0 bridgehead atoms. The van der Waals surface area contributed by atoms with Crippen molar-refractivity contribution in [2.45, 2.75) is 17.3 Å². The highest BCUT2D eigenvalue weighted by Crippen LogP contribution is 2.18. The lowest BCUT2D eigenvalue weighted by molar-refractivity contribution is 0.300. The predicted molar refractivity (Wildman–Crippen MR) is 43.4 cm³/mol. The van der Waals surface area contributed by atoms with E-state index in [0.717, 1.165) is 5.16 Å². The van der Waals surface area contributed by atoms with Crippen LogP contribution in [0.3, 0.4) is 0 Å². The molecule has 5 heteroatoms. The van der Waals surface area contributed by atoms with Crippen LogP contribution < -0.4 is 0 Å². The summed E-state index contributed by atoms with van der Waals surface area (Å²) in [5, 5.41) is 17.4. The van der Waals surface area contributed by atoms with Crippen molar-refractivity contribution in [1.29, 1.82) is 0 Å². The fourth-order valence-electron chi connectivity index (χ4n) is 0.597. The molecule has 0 aliphatic heterocycles. The van der Waals surface area contributed by atoms with Crippen molar-refractivity contribution in [3.05, 3.63) is 6.33 Å². The molecule has 11 heavy (non-hydrogen) atoms. The molecule has 1 atom stereocenters. The molecule has 1 heterocycles. The number of aryl methyl sites for hydroxylation is 1. The molecule has 0 spiro atoms. The fraction of sp³-hybridized carbons (Fsp3) is 0.667. The molecule has 0 aliphatic carbocycles. The van der Waals surface area contributed by atoms with Gasteiger partial charge < -0.3 is 9.67 Å². The largest absolute Gasteiger partial charge is 0.395 e. The third kappa shape index (κ3) is 2.20. The van der Waals surface area contributed by atoms with E-state index in [2.05, 4.69) is 10.2 Å². The Morgan fingerprint density at radius 2 is 2.55 bits per heavy atom. The summed E-state index contributed by atoms with van der Waals surface area (Å²) in [6, 6.07) is 0. The molecular weight excluding hydrogens is 162 g/mol. The maximum absolute atomic E-state index is 8.75. The second-order valence-corrected chi connectivity index (χ2v) is 3.74. The lowest BCUT2D eigenvalue weighted by Gasteiger charge is -2.04.